The quantitative estimate of drug-likeness (QED) is 0.440. The van der Waals surface area contributed by atoms with Gasteiger partial charge in [0, 0.05) is 0 Å². The van der Waals surface area contributed by atoms with Crippen LogP contribution in [-0.4, -0.2) is 7.85 Å². The second-order valence-electron chi connectivity index (χ2n) is 3.68. The minimum Gasteiger partial charge on any atom is -0.0874 e. The maximum Gasteiger partial charge on any atom is 0.0810 e. The molecule has 0 saturated heterocycles. The largest absolute Gasteiger partial charge is 0.0874 e. The highest BCUT2D eigenvalue weighted by molar-refractivity contribution is 6.17. The van der Waals surface area contributed by atoms with Crippen molar-refractivity contribution in [3.63, 3.8) is 0 Å². The highest BCUT2D eigenvalue weighted by Gasteiger charge is 2.23. The van der Waals surface area contributed by atoms with E-state index in [1.54, 1.807) is 0 Å². The molecular weight excluding hydrogens is 143 g/mol. The molecule has 0 nitrogen and oxygen atoms in total. The second kappa shape index (κ2) is 4.54. The van der Waals surface area contributed by atoms with Crippen molar-refractivity contribution in [2.75, 3.05) is 0 Å². The lowest BCUT2D eigenvalue weighted by Crippen LogP contribution is -2.17. The van der Waals surface area contributed by atoms with Crippen molar-refractivity contribution < 1.29 is 0 Å². The summed E-state index contributed by atoms with van der Waals surface area (Å²) in [6, 6.07) is 0. The van der Waals surface area contributed by atoms with E-state index in [1.165, 1.54) is 5.57 Å². The molecule has 0 bridgehead atoms. The maximum absolute atomic E-state index is 6.18. The molecule has 1 heteroatoms. The lowest BCUT2D eigenvalue weighted by Gasteiger charge is -2.31. The standard InChI is InChI=1S/C11H19B/c1-6-8-10(7-2)11(5,12)9(3)4/h6-9H,1-5H3/b8-6-,10-7+. The van der Waals surface area contributed by atoms with Crippen LogP contribution in [0.15, 0.2) is 23.8 Å². The van der Waals surface area contributed by atoms with Gasteiger partial charge in [-0.25, -0.2) is 0 Å². The van der Waals surface area contributed by atoms with Crippen LogP contribution in [0.25, 0.3) is 0 Å². The normalized spacial score (nSPS) is 18.7. The molecule has 2 radical (unpaired) electrons. The van der Waals surface area contributed by atoms with Gasteiger partial charge in [-0.2, -0.15) is 0 Å². The van der Waals surface area contributed by atoms with E-state index in [4.69, 9.17) is 7.85 Å². The Kier molecular flexibility index (Phi) is 4.37. The Morgan fingerprint density at radius 3 is 2.08 bits per heavy atom. The molecule has 0 aromatic rings. The predicted molar refractivity (Wildman–Crippen MR) is 57.5 cm³/mol. The highest BCUT2D eigenvalue weighted by atomic mass is 14.2. The van der Waals surface area contributed by atoms with E-state index in [0.29, 0.717) is 5.92 Å². The number of rotatable bonds is 3. The molecule has 0 heterocycles. The molecular formula is C11H19B. The molecule has 0 amide bonds. The van der Waals surface area contributed by atoms with E-state index < -0.39 is 0 Å². The topological polar surface area (TPSA) is 0 Å². The van der Waals surface area contributed by atoms with Crippen molar-refractivity contribution in [3.05, 3.63) is 23.8 Å². The van der Waals surface area contributed by atoms with Crippen molar-refractivity contribution in [3.8, 4) is 0 Å². The van der Waals surface area contributed by atoms with Gasteiger partial charge in [-0.15, -0.1) is 0 Å². The van der Waals surface area contributed by atoms with E-state index in [1.807, 2.05) is 19.9 Å². The summed E-state index contributed by atoms with van der Waals surface area (Å²) in [5.74, 6) is 0.458. The van der Waals surface area contributed by atoms with E-state index >= 15 is 0 Å². The van der Waals surface area contributed by atoms with Gasteiger partial charge >= 0.3 is 0 Å². The first-order valence-corrected chi connectivity index (χ1v) is 4.55. The van der Waals surface area contributed by atoms with Gasteiger partial charge in [0.05, 0.1) is 7.85 Å². The predicted octanol–water partition coefficient (Wildman–Crippen LogP) is 3.51. The first-order chi connectivity index (χ1) is 5.46. The Morgan fingerprint density at radius 1 is 1.33 bits per heavy atom. The molecule has 0 saturated carbocycles. The molecule has 0 N–H and O–H groups in total. The highest BCUT2D eigenvalue weighted by Crippen LogP contribution is 2.39. The smallest absolute Gasteiger partial charge is 0.0810 e. The van der Waals surface area contributed by atoms with E-state index in [2.05, 4.69) is 32.9 Å². The minimum absolute atomic E-state index is 0.207. The van der Waals surface area contributed by atoms with Gasteiger partial charge < -0.3 is 0 Å². The summed E-state index contributed by atoms with van der Waals surface area (Å²) < 4.78 is 0. The van der Waals surface area contributed by atoms with Gasteiger partial charge in [-0.3, -0.25) is 0 Å². The zero-order valence-corrected chi connectivity index (χ0v) is 8.89. The van der Waals surface area contributed by atoms with Gasteiger partial charge in [-0.05, 0) is 25.1 Å². The number of allylic oxidation sites excluding steroid dienone is 4. The number of hydrogen-bond acceptors (Lipinski definition) is 0. The fourth-order valence-electron chi connectivity index (χ4n) is 1.10. The summed E-state index contributed by atoms with van der Waals surface area (Å²) in [5, 5.41) is -0.207. The van der Waals surface area contributed by atoms with Crippen molar-refractivity contribution >= 4 is 7.85 Å². The van der Waals surface area contributed by atoms with E-state index in [9.17, 15) is 0 Å². The third-order valence-corrected chi connectivity index (χ3v) is 2.48. The summed E-state index contributed by atoms with van der Waals surface area (Å²) >= 11 is 0. The van der Waals surface area contributed by atoms with Crippen molar-refractivity contribution in [2.24, 2.45) is 5.92 Å². The molecule has 0 aliphatic heterocycles. The molecule has 0 aromatic carbocycles. The molecule has 0 rings (SSSR count). The molecule has 1 unspecified atom stereocenters. The minimum atomic E-state index is -0.207. The third kappa shape index (κ3) is 2.55. The molecule has 12 heavy (non-hydrogen) atoms. The van der Waals surface area contributed by atoms with Crippen LogP contribution in [0.5, 0.6) is 0 Å². The van der Waals surface area contributed by atoms with Gasteiger partial charge in [0.2, 0.25) is 0 Å². The van der Waals surface area contributed by atoms with Crippen LogP contribution in [0.3, 0.4) is 0 Å². The Balaban J connectivity index is 4.73. The molecule has 1 atom stereocenters. The van der Waals surface area contributed by atoms with Gasteiger partial charge in [0.25, 0.3) is 0 Å². The lowest BCUT2D eigenvalue weighted by molar-refractivity contribution is 0.509. The average Bonchev–Trinajstić information content (AvgIpc) is 1.99. The molecule has 0 aliphatic rings. The van der Waals surface area contributed by atoms with Crippen molar-refractivity contribution in [1.82, 2.24) is 0 Å². The molecule has 0 aliphatic carbocycles. The summed E-state index contributed by atoms with van der Waals surface area (Å²) in [6.45, 7) is 10.4. The van der Waals surface area contributed by atoms with E-state index in [-0.39, 0.29) is 5.31 Å². The SMILES string of the molecule is [B]C(C)(C(/C=C\C)=C/C)C(C)C. The Morgan fingerprint density at radius 2 is 1.83 bits per heavy atom. The molecule has 66 valence electrons. The molecule has 0 aromatic heterocycles. The second-order valence-corrected chi connectivity index (χ2v) is 3.68. The van der Waals surface area contributed by atoms with Crippen molar-refractivity contribution in [2.45, 2.75) is 39.9 Å². The monoisotopic (exact) mass is 162 g/mol. The fraction of sp³-hybridized carbons (Fsp3) is 0.636. The van der Waals surface area contributed by atoms with E-state index in [0.717, 1.165) is 0 Å². The maximum atomic E-state index is 6.18. The molecule has 0 spiro atoms. The Hall–Kier alpha value is -0.455. The summed E-state index contributed by atoms with van der Waals surface area (Å²) in [7, 11) is 6.18. The van der Waals surface area contributed by atoms with Crippen LogP contribution in [0.4, 0.5) is 0 Å². The zero-order valence-electron chi connectivity index (χ0n) is 8.89. The first kappa shape index (κ1) is 11.5. The van der Waals surface area contributed by atoms with Crippen LogP contribution < -0.4 is 0 Å². The summed E-state index contributed by atoms with van der Waals surface area (Å²) in [5.41, 5.74) is 1.21. The first-order valence-electron chi connectivity index (χ1n) is 4.55. The van der Waals surface area contributed by atoms with Crippen LogP contribution in [0, 0.1) is 5.92 Å². The number of hydrogen-bond donors (Lipinski definition) is 0. The Bertz CT molecular complexity index is 185. The fourth-order valence-corrected chi connectivity index (χ4v) is 1.10. The average molecular weight is 162 g/mol. The Labute approximate surface area is 78.2 Å². The van der Waals surface area contributed by atoms with Crippen molar-refractivity contribution in [1.29, 1.82) is 0 Å². The van der Waals surface area contributed by atoms with Crippen LogP contribution >= 0.6 is 0 Å². The van der Waals surface area contributed by atoms with Crippen LogP contribution in [0.1, 0.15) is 34.6 Å². The zero-order chi connectivity index (χ0) is 9.78. The van der Waals surface area contributed by atoms with Crippen LogP contribution in [-0.2, 0) is 0 Å². The van der Waals surface area contributed by atoms with Gasteiger partial charge in [-0.1, -0.05) is 44.6 Å². The summed E-state index contributed by atoms with van der Waals surface area (Å²) in [6.07, 6.45) is 6.20. The van der Waals surface area contributed by atoms with Crippen LogP contribution in [0.2, 0.25) is 5.31 Å². The molecule has 0 fully saturated rings. The summed E-state index contributed by atoms with van der Waals surface area (Å²) in [4.78, 5) is 0. The third-order valence-electron chi connectivity index (χ3n) is 2.48. The lowest BCUT2D eigenvalue weighted by atomic mass is 9.58. The van der Waals surface area contributed by atoms with Gasteiger partial charge in [0.1, 0.15) is 0 Å². The van der Waals surface area contributed by atoms with Gasteiger partial charge in [0.15, 0.2) is 0 Å².